The third-order valence-corrected chi connectivity index (χ3v) is 7.85. The zero-order chi connectivity index (χ0) is 34.5. The molecule has 0 unspecified atom stereocenters. The quantitative estimate of drug-likeness (QED) is 0.0616. The van der Waals surface area contributed by atoms with Crippen molar-refractivity contribution in [1.29, 1.82) is 0 Å². The van der Waals surface area contributed by atoms with Gasteiger partial charge in [0.15, 0.2) is 5.78 Å². The molecule has 0 aliphatic carbocycles. The lowest BCUT2D eigenvalue weighted by atomic mass is 9.91. The standard InChI is InChI=1S/C35H64N2O9/c1-35(2,3)30(38)28-46-27-26-45-25-24-36-31(39)23-22-29(34(43)44)37-32(40)20-18-16-14-12-10-8-6-4-5-7-9-11-13-15-17-19-21-33(41)42/h29H,4-28H2,1-3H3,(H,36,39)(H,37,40)(H,41,42)(H,43,44)/t29-/m0/s1. The normalized spacial score (nSPS) is 12.1. The second kappa shape index (κ2) is 28.7. The molecule has 0 radical (unpaired) electrons. The lowest BCUT2D eigenvalue weighted by molar-refractivity contribution is -0.142. The molecule has 0 heterocycles. The van der Waals surface area contributed by atoms with E-state index in [4.69, 9.17) is 14.6 Å². The van der Waals surface area contributed by atoms with Gasteiger partial charge < -0.3 is 30.3 Å². The van der Waals surface area contributed by atoms with Crippen LogP contribution in [0.2, 0.25) is 0 Å². The molecule has 0 aliphatic rings. The van der Waals surface area contributed by atoms with Crippen LogP contribution in [0.3, 0.4) is 0 Å². The summed E-state index contributed by atoms with van der Waals surface area (Å²) in [5.41, 5.74) is -0.440. The lowest BCUT2D eigenvalue weighted by Crippen LogP contribution is -2.41. The van der Waals surface area contributed by atoms with E-state index in [1.54, 1.807) is 0 Å². The summed E-state index contributed by atoms with van der Waals surface area (Å²) < 4.78 is 10.7. The molecule has 0 aromatic carbocycles. The van der Waals surface area contributed by atoms with Crippen molar-refractivity contribution in [3.8, 4) is 0 Å². The summed E-state index contributed by atoms with van der Waals surface area (Å²) in [5.74, 6) is -2.45. The van der Waals surface area contributed by atoms with Crippen LogP contribution in [0.4, 0.5) is 0 Å². The number of nitrogens with one attached hydrogen (secondary N) is 2. The highest BCUT2D eigenvalue weighted by atomic mass is 16.5. The molecule has 268 valence electrons. The molecule has 0 aliphatic heterocycles. The predicted molar refractivity (Wildman–Crippen MR) is 179 cm³/mol. The molecule has 0 saturated carbocycles. The summed E-state index contributed by atoms with van der Waals surface area (Å²) >= 11 is 0. The fourth-order valence-corrected chi connectivity index (χ4v) is 4.79. The average Bonchev–Trinajstić information content (AvgIpc) is 2.98. The minimum absolute atomic E-state index is 0.0135. The van der Waals surface area contributed by atoms with Crippen LogP contribution in [-0.4, -0.2) is 78.8 Å². The number of carboxylic acid groups (broad SMARTS) is 2. The molecule has 11 heteroatoms. The molecule has 2 amide bonds. The molecule has 0 fully saturated rings. The number of hydrogen-bond acceptors (Lipinski definition) is 7. The molecular weight excluding hydrogens is 592 g/mol. The summed E-state index contributed by atoms with van der Waals surface area (Å²) in [6, 6.07) is -1.10. The van der Waals surface area contributed by atoms with Crippen LogP contribution < -0.4 is 10.6 Å². The second-order valence-electron chi connectivity index (χ2n) is 13.2. The van der Waals surface area contributed by atoms with E-state index >= 15 is 0 Å². The van der Waals surface area contributed by atoms with E-state index in [0.717, 1.165) is 44.9 Å². The maximum absolute atomic E-state index is 12.3. The molecule has 0 rings (SSSR count). The van der Waals surface area contributed by atoms with Crippen molar-refractivity contribution < 1.29 is 43.7 Å². The first-order valence-electron chi connectivity index (χ1n) is 17.6. The largest absolute Gasteiger partial charge is 0.481 e. The van der Waals surface area contributed by atoms with Crippen LogP contribution in [0, 0.1) is 5.41 Å². The van der Waals surface area contributed by atoms with Crippen LogP contribution in [0.25, 0.3) is 0 Å². The van der Waals surface area contributed by atoms with Crippen molar-refractivity contribution in [3.63, 3.8) is 0 Å². The summed E-state index contributed by atoms with van der Waals surface area (Å²) in [6.45, 7) is 6.65. The number of ether oxygens (including phenoxy) is 2. The molecule has 46 heavy (non-hydrogen) atoms. The number of carbonyl (C=O) groups is 5. The highest BCUT2D eigenvalue weighted by Crippen LogP contribution is 2.15. The van der Waals surface area contributed by atoms with Crippen molar-refractivity contribution in [2.75, 3.05) is 33.0 Å². The summed E-state index contributed by atoms with van der Waals surface area (Å²) in [5, 5.41) is 23.3. The Kier molecular flexibility index (Phi) is 27.1. The highest BCUT2D eigenvalue weighted by Gasteiger charge is 2.21. The van der Waals surface area contributed by atoms with Gasteiger partial charge in [0, 0.05) is 31.2 Å². The smallest absolute Gasteiger partial charge is 0.326 e. The van der Waals surface area contributed by atoms with Gasteiger partial charge in [-0.2, -0.15) is 0 Å². The molecular formula is C35H64N2O9. The van der Waals surface area contributed by atoms with Crippen molar-refractivity contribution in [1.82, 2.24) is 10.6 Å². The highest BCUT2D eigenvalue weighted by molar-refractivity contribution is 5.85. The number of aliphatic carboxylic acids is 2. The number of Topliss-reactive ketones (excluding diaryl/α,β-unsaturated/α-hetero) is 1. The lowest BCUT2D eigenvalue weighted by Gasteiger charge is -2.16. The zero-order valence-electron chi connectivity index (χ0n) is 29.0. The summed E-state index contributed by atoms with van der Waals surface area (Å²) in [6.07, 6.45) is 18.7. The van der Waals surface area contributed by atoms with E-state index in [9.17, 15) is 29.1 Å². The van der Waals surface area contributed by atoms with Gasteiger partial charge in [0.05, 0.1) is 19.8 Å². The Morgan fingerprint density at radius 2 is 1.04 bits per heavy atom. The van der Waals surface area contributed by atoms with E-state index in [1.807, 2.05) is 20.8 Å². The zero-order valence-corrected chi connectivity index (χ0v) is 29.0. The van der Waals surface area contributed by atoms with E-state index in [-0.39, 0.29) is 63.2 Å². The van der Waals surface area contributed by atoms with Gasteiger partial charge in [0.2, 0.25) is 11.8 Å². The Morgan fingerprint density at radius 1 is 0.587 bits per heavy atom. The SMILES string of the molecule is CC(C)(C)C(=O)COCCOCCNC(=O)CC[C@H](NC(=O)CCCCCCCCCCCCCCCCCCC(=O)O)C(=O)O. The molecule has 0 bridgehead atoms. The van der Waals surface area contributed by atoms with Gasteiger partial charge in [-0.25, -0.2) is 4.79 Å². The van der Waals surface area contributed by atoms with Crippen LogP contribution >= 0.6 is 0 Å². The third-order valence-electron chi connectivity index (χ3n) is 7.85. The number of ketones is 1. The maximum atomic E-state index is 12.3. The first-order chi connectivity index (χ1) is 21.9. The Labute approximate surface area is 277 Å². The van der Waals surface area contributed by atoms with E-state index in [0.29, 0.717) is 13.0 Å². The van der Waals surface area contributed by atoms with Gasteiger partial charge in [-0.3, -0.25) is 19.2 Å². The van der Waals surface area contributed by atoms with E-state index < -0.39 is 23.4 Å². The predicted octanol–water partition coefficient (Wildman–Crippen LogP) is 6.21. The van der Waals surface area contributed by atoms with Crippen molar-refractivity contribution in [2.24, 2.45) is 5.41 Å². The summed E-state index contributed by atoms with van der Waals surface area (Å²) in [4.78, 5) is 58.1. The third kappa shape index (κ3) is 28.9. The molecule has 0 aromatic rings. The number of unbranched alkanes of at least 4 members (excludes halogenated alkanes) is 15. The van der Waals surface area contributed by atoms with Gasteiger partial charge in [0.1, 0.15) is 12.6 Å². The van der Waals surface area contributed by atoms with Gasteiger partial charge >= 0.3 is 11.9 Å². The molecule has 11 nitrogen and oxygen atoms in total. The van der Waals surface area contributed by atoms with Crippen molar-refractivity contribution in [3.05, 3.63) is 0 Å². The first-order valence-corrected chi connectivity index (χ1v) is 17.6. The van der Waals surface area contributed by atoms with E-state index in [2.05, 4.69) is 10.6 Å². The number of carbonyl (C=O) groups excluding carboxylic acids is 3. The van der Waals surface area contributed by atoms with Crippen LogP contribution in [-0.2, 0) is 33.4 Å². The van der Waals surface area contributed by atoms with E-state index in [1.165, 1.54) is 57.8 Å². The van der Waals surface area contributed by atoms with Gasteiger partial charge in [-0.1, -0.05) is 111 Å². The molecule has 0 saturated heterocycles. The van der Waals surface area contributed by atoms with Crippen molar-refractivity contribution >= 4 is 29.5 Å². The number of carboxylic acids is 2. The summed E-state index contributed by atoms with van der Waals surface area (Å²) in [7, 11) is 0. The number of amides is 2. The Hall–Kier alpha value is -2.53. The molecule has 0 spiro atoms. The first kappa shape index (κ1) is 43.5. The second-order valence-corrected chi connectivity index (χ2v) is 13.2. The Morgan fingerprint density at radius 3 is 1.50 bits per heavy atom. The fourth-order valence-electron chi connectivity index (χ4n) is 4.79. The van der Waals surface area contributed by atoms with Crippen molar-refractivity contribution in [2.45, 2.75) is 155 Å². The topological polar surface area (TPSA) is 168 Å². The van der Waals surface area contributed by atoms with Crippen LogP contribution in [0.5, 0.6) is 0 Å². The minimum Gasteiger partial charge on any atom is -0.481 e. The monoisotopic (exact) mass is 656 g/mol. The molecule has 1 atom stereocenters. The molecule has 4 N–H and O–H groups in total. The van der Waals surface area contributed by atoms with Crippen LogP contribution in [0.1, 0.15) is 149 Å². The van der Waals surface area contributed by atoms with Gasteiger partial charge in [-0.15, -0.1) is 0 Å². The number of rotatable bonds is 32. The average molecular weight is 657 g/mol. The maximum Gasteiger partial charge on any atom is 0.326 e. The fraction of sp³-hybridized carbons (Fsp3) is 0.857. The Bertz CT molecular complexity index is 842. The minimum atomic E-state index is -1.15. The number of hydrogen-bond donors (Lipinski definition) is 4. The van der Waals surface area contributed by atoms with Gasteiger partial charge in [0.25, 0.3) is 0 Å². The van der Waals surface area contributed by atoms with Gasteiger partial charge in [-0.05, 0) is 19.3 Å². The van der Waals surface area contributed by atoms with Crippen LogP contribution in [0.15, 0.2) is 0 Å². The Balaban J connectivity index is 3.67. The molecule has 0 aromatic heterocycles.